The summed E-state index contributed by atoms with van der Waals surface area (Å²) >= 11 is 0.926. The van der Waals surface area contributed by atoms with Crippen LogP contribution in [0.1, 0.15) is 23.0 Å². The second-order valence-electron chi connectivity index (χ2n) is 7.62. The molecule has 190 valence electrons. The molecule has 2 N–H and O–H groups in total. The van der Waals surface area contributed by atoms with E-state index in [0.717, 1.165) is 11.8 Å². The van der Waals surface area contributed by atoms with E-state index in [1.807, 2.05) is 6.92 Å². The molecule has 0 atom stereocenters. The number of aliphatic carboxylic acids is 1. The first-order valence-corrected chi connectivity index (χ1v) is 11.9. The van der Waals surface area contributed by atoms with E-state index in [-0.39, 0.29) is 16.2 Å². The van der Waals surface area contributed by atoms with Crippen LogP contribution in [-0.4, -0.2) is 51.1 Å². The number of hydrogen-bond acceptors (Lipinski definition) is 8. The van der Waals surface area contributed by atoms with Crippen LogP contribution in [0.15, 0.2) is 69.1 Å². The molecular formula is C26H23N3O7S. The highest BCUT2D eigenvalue weighted by Gasteiger charge is 2.20. The summed E-state index contributed by atoms with van der Waals surface area (Å²) in [7, 11) is 3.10. The van der Waals surface area contributed by atoms with Gasteiger partial charge in [0.15, 0.2) is 11.0 Å². The molecule has 0 spiro atoms. The Bertz CT molecular complexity index is 1470. The second kappa shape index (κ2) is 11.0. The number of rotatable bonds is 10. The number of aromatic nitrogens is 3. The number of carboxylic acid groups (broad SMARTS) is 2. The summed E-state index contributed by atoms with van der Waals surface area (Å²) in [5.74, 6) is -0.0156. The Morgan fingerprint density at radius 1 is 1.03 bits per heavy atom. The molecule has 0 saturated carbocycles. The maximum absolute atomic E-state index is 12.1. The largest absolute Gasteiger partial charge is 0.497 e. The van der Waals surface area contributed by atoms with E-state index in [9.17, 15) is 19.8 Å². The van der Waals surface area contributed by atoms with Gasteiger partial charge in [-0.15, -0.1) is 10.2 Å². The lowest BCUT2D eigenvalue weighted by Gasteiger charge is -2.10. The summed E-state index contributed by atoms with van der Waals surface area (Å²) in [5, 5.41) is 28.2. The first-order chi connectivity index (χ1) is 17.8. The Labute approximate surface area is 216 Å². The van der Waals surface area contributed by atoms with Crippen LogP contribution in [0.2, 0.25) is 0 Å². The third kappa shape index (κ3) is 5.51. The molecule has 4 aromatic rings. The topological polar surface area (TPSA) is 137 Å². The molecule has 0 unspecified atom stereocenters. The number of benzene rings is 2. The fraction of sp³-hybridized carbons (Fsp3) is 0.154. The van der Waals surface area contributed by atoms with E-state index in [1.165, 1.54) is 12.1 Å². The van der Waals surface area contributed by atoms with Gasteiger partial charge in [-0.2, -0.15) is 0 Å². The Kier molecular flexibility index (Phi) is 7.63. The van der Waals surface area contributed by atoms with Crippen LogP contribution in [0.4, 0.5) is 0 Å². The quantitative estimate of drug-likeness (QED) is 0.213. The lowest BCUT2D eigenvalue weighted by Crippen LogP contribution is -2.03. The van der Waals surface area contributed by atoms with Gasteiger partial charge in [-0.25, -0.2) is 9.59 Å². The number of hydrogen-bond donors (Lipinski definition) is 2. The predicted octanol–water partition coefficient (Wildman–Crippen LogP) is 5.16. The van der Waals surface area contributed by atoms with E-state index in [2.05, 4.69) is 10.2 Å². The Morgan fingerprint density at radius 2 is 1.73 bits per heavy atom. The van der Waals surface area contributed by atoms with Gasteiger partial charge >= 0.3 is 11.9 Å². The van der Waals surface area contributed by atoms with E-state index in [4.69, 9.17) is 13.9 Å². The number of thioether (sulfide) groups is 1. The molecule has 0 aliphatic heterocycles. The van der Waals surface area contributed by atoms with Crippen molar-refractivity contribution >= 4 is 29.8 Å². The van der Waals surface area contributed by atoms with Gasteiger partial charge in [0.25, 0.3) is 0 Å². The monoisotopic (exact) mass is 521 g/mol. The number of ether oxygens (including phenoxy) is 2. The normalized spacial score (nSPS) is 11.4. The second-order valence-corrected chi connectivity index (χ2v) is 8.63. The molecule has 2 heterocycles. The van der Waals surface area contributed by atoms with E-state index < -0.39 is 11.9 Å². The maximum atomic E-state index is 12.1. The average Bonchev–Trinajstić information content (AvgIpc) is 3.54. The molecule has 0 saturated heterocycles. The highest BCUT2D eigenvalue weighted by molar-refractivity contribution is 8.04. The van der Waals surface area contributed by atoms with Gasteiger partial charge in [-0.05, 0) is 49.0 Å². The molecule has 0 amide bonds. The maximum Gasteiger partial charge on any atom is 0.342 e. The highest BCUT2D eigenvalue weighted by atomic mass is 32.2. The van der Waals surface area contributed by atoms with Crippen molar-refractivity contribution in [1.29, 1.82) is 0 Å². The number of aromatic carboxylic acids is 1. The summed E-state index contributed by atoms with van der Waals surface area (Å²) in [6, 6.07) is 14.9. The third-order valence-electron chi connectivity index (χ3n) is 5.38. The number of furan rings is 1. The molecule has 0 radical (unpaired) electrons. The van der Waals surface area contributed by atoms with Crippen molar-refractivity contribution in [3.63, 3.8) is 0 Å². The molecule has 0 fully saturated rings. The Balaban J connectivity index is 1.67. The minimum atomic E-state index is -1.18. The minimum Gasteiger partial charge on any atom is -0.497 e. The van der Waals surface area contributed by atoms with E-state index in [0.29, 0.717) is 45.9 Å². The van der Waals surface area contributed by atoms with Crippen LogP contribution in [0.3, 0.4) is 0 Å². The molecule has 0 aliphatic carbocycles. The first kappa shape index (κ1) is 25.6. The summed E-state index contributed by atoms with van der Waals surface area (Å²) in [4.78, 5) is 23.6. The highest BCUT2D eigenvalue weighted by Crippen LogP contribution is 2.34. The van der Waals surface area contributed by atoms with Gasteiger partial charge in [-0.1, -0.05) is 18.2 Å². The van der Waals surface area contributed by atoms with Gasteiger partial charge in [0.1, 0.15) is 27.9 Å². The summed E-state index contributed by atoms with van der Waals surface area (Å²) < 4.78 is 18.2. The molecule has 11 heteroatoms. The lowest BCUT2D eigenvalue weighted by molar-refractivity contribution is -0.131. The molecule has 2 aromatic heterocycles. The summed E-state index contributed by atoms with van der Waals surface area (Å²) in [6.45, 7) is 2.38. The molecule has 10 nitrogen and oxygen atoms in total. The van der Waals surface area contributed by atoms with Crippen molar-refractivity contribution in [3.8, 4) is 34.2 Å². The van der Waals surface area contributed by atoms with Gasteiger partial charge in [0.05, 0.1) is 19.8 Å². The van der Waals surface area contributed by atoms with E-state index >= 15 is 0 Å². The molecule has 37 heavy (non-hydrogen) atoms. The van der Waals surface area contributed by atoms with Crippen LogP contribution in [0.5, 0.6) is 11.5 Å². The molecule has 0 bridgehead atoms. The third-order valence-corrected chi connectivity index (χ3v) is 6.37. The molecular weight excluding hydrogens is 498 g/mol. The number of methoxy groups -OCH3 is 2. The number of carboxylic acids is 2. The van der Waals surface area contributed by atoms with Crippen molar-refractivity contribution in [3.05, 3.63) is 70.8 Å². The summed E-state index contributed by atoms with van der Waals surface area (Å²) in [5.41, 5.74) is 1.17. The SMILES string of the molecule is CCn1c(S/C(=C\c2ccc(-c3ccccc3C(=O)O)o2)C(=O)O)nnc1-c1cc(OC)cc(OC)c1. The van der Waals surface area contributed by atoms with Crippen LogP contribution in [0.25, 0.3) is 28.8 Å². The zero-order chi connectivity index (χ0) is 26.5. The van der Waals surface area contributed by atoms with Crippen molar-refractivity contribution in [2.75, 3.05) is 14.2 Å². The zero-order valence-corrected chi connectivity index (χ0v) is 21.0. The first-order valence-electron chi connectivity index (χ1n) is 11.1. The average molecular weight is 522 g/mol. The fourth-order valence-electron chi connectivity index (χ4n) is 3.62. The molecule has 0 aliphatic rings. The van der Waals surface area contributed by atoms with Crippen molar-refractivity contribution < 1.29 is 33.7 Å². The van der Waals surface area contributed by atoms with Gasteiger partial charge in [0.2, 0.25) is 0 Å². The van der Waals surface area contributed by atoms with Crippen molar-refractivity contribution in [2.45, 2.75) is 18.6 Å². The minimum absolute atomic E-state index is 0.0516. The number of carbonyl (C=O) groups is 2. The summed E-state index contributed by atoms with van der Waals surface area (Å²) in [6.07, 6.45) is 1.36. The smallest absolute Gasteiger partial charge is 0.342 e. The van der Waals surface area contributed by atoms with Gasteiger partial charge in [-0.3, -0.25) is 0 Å². The Hall–Kier alpha value is -4.51. The van der Waals surface area contributed by atoms with Crippen LogP contribution >= 0.6 is 11.8 Å². The number of nitrogens with zero attached hydrogens (tertiary/aromatic N) is 3. The molecule has 4 rings (SSSR count). The lowest BCUT2D eigenvalue weighted by atomic mass is 10.1. The standard InChI is InChI=1S/C26H23N3O7S/c1-4-29-23(15-11-17(34-2)13-18(12-15)35-3)27-28-26(29)37-22(25(32)33)14-16-9-10-21(36-16)19-7-5-6-8-20(19)24(30)31/h5-14H,4H2,1-3H3,(H,30,31)(H,32,33)/b22-14-. The zero-order valence-electron chi connectivity index (χ0n) is 20.2. The van der Waals surface area contributed by atoms with Crippen molar-refractivity contribution in [1.82, 2.24) is 14.8 Å². The van der Waals surface area contributed by atoms with Gasteiger partial charge in [0, 0.05) is 29.8 Å². The Morgan fingerprint density at radius 3 is 2.35 bits per heavy atom. The molecule has 2 aromatic carbocycles. The van der Waals surface area contributed by atoms with E-state index in [1.54, 1.807) is 67.3 Å². The van der Waals surface area contributed by atoms with Crippen molar-refractivity contribution in [2.24, 2.45) is 0 Å². The van der Waals surface area contributed by atoms with Crippen LogP contribution in [0, 0.1) is 0 Å². The fourth-order valence-corrected chi connectivity index (χ4v) is 4.49. The predicted molar refractivity (Wildman–Crippen MR) is 137 cm³/mol. The van der Waals surface area contributed by atoms with Crippen LogP contribution < -0.4 is 9.47 Å². The van der Waals surface area contributed by atoms with Crippen LogP contribution in [-0.2, 0) is 11.3 Å². The van der Waals surface area contributed by atoms with Gasteiger partial charge < -0.3 is 28.7 Å².